The van der Waals surface area contributed by atoms with Crippen LogP contribution in [0.4, 0.5) is 17.1 Å². The Morgan fingerprint density at radius 2 is 0.825 bits per heavy atom. The van der Waals surface area contributed by atoms with E-state index in [0.717, 1.165) is 22.7 Å². The molecule has 63 heavy (non-hydrogen) atoms. The fourth-order valence-electron chi connectivity index (χ4n) is 10.4. The number of hydrogen-bond acceptors (Lipinski definition) is 1. The van der Waals surface area contributed by atoms with Gasteiger partial charge in [0.05, 0.1) is 22.1 Å². The molecule has 1 aliphatic rings. The Hall–Kier alpha value is -8.20. The van der Waals surface area contributed by atoms with Gasteiger partial charge < -0.3 is 9.47 Å². The smallest absolute Gasteiger partial charge is 0.0713 e. The first-order valence-electron chi connectivity index (χ1n) is 21.8. The Balaban J connectivity index is 1.05. The van der Waals surface area contributed by atoms with Crippen molar-refractivity contribution in [2.75, 3.05) is 4.90 Å². The van der Waals surface area contributed by atoms with E-state index < -0.39 is 5.41 Å². The lowest BCUT2D eigenvalue weighted by atomic mass is 9.68. The minimum Gasteiger partial charge on any atom is -0.310 e. The van der Waals surface area contributed by atoms with Crippen LogP contribution >= 0.6 is 0 Å². The fraction of sp³-hybridized carbons (Fsp3) is 0.0164. The molecule has 1 aliphatic carbocycles. The normalized spacial score (nSPS) is 12.6. The van der Waals surface area contributed by atoms with Gasteiger partial charge in [0.1, 0.15) is 0 Å². The molecule has 2 heteroatoms. The molecular weight excluding hydrogens is 761 g/mol. The van der Waals surface area contributed by atoms with Gasteiger partial charge >= 0.3 is 0 Å². The predicted octanol–water partition coefficient (Wildman–Crippen LogP) is 16.0. The maximum Gasteiger partial charge on any atom is 0.0713 e. The third-order valence-corrected chi connectivity index (χ3v) is 13.1. The second-order valence-corrected chi connectivity index (χ2v) is 16.4. The van der Waals surface area contributed by atoms with E-state index in [-0.39, 0.29) is 0 Å². The van der Waals surface area contributed by atoms with E-state index in [2.05, 4.69) is 264 Å². The molecule has 0 bridgehead atoms. The first-order valence-corrected chi connectivity index (χ1v) is 21.8. The van der Waals surface area contributed by atoms with Crippen molar-refractivity contribution in [1.29, 1.82) is 0 Å². The van der Waals surface area contributed by atoms with Gasteiger partial charge in [-0.05, 0) is 105 Å². The van der Waals surface area contributed by atoms with Crippen molar-refractivity contribution in [2.24, 2.45) is 0 Å². The molecule has 0 amide bonds. The Morgan fingerprint density at radius 1 is 0.317 bits per heavy atom. The number of aromatic nitrogens is 1. The predicted molar refractivity (Wildman–Crippen MR) is 264 cm³/mol. The van der Waals surface area contributed by atoms with Gasteiger partial charge in [-0.3, -0.25) is 0 Å². The van der Waals surface area contributed by atoms with E-state index in [1.165, 1.54) is 77.4 Å². The number of para-hydroxylation sites is 4. The Morgan fingerprint density at radius 3 is 1.51 bits per heavy atom. The van der Waals surface area contributed by atoms with E-state index in [1.54, 1.807) is 0 Å². The van der Waals surface area contributed by atoms with Crippen molar-refractivity contribution >= 4 is 38.9 Å². The zero-order valence-electron chi connectivity index (χ0n) is 34.6. The van der Waals surface area contributed by atoms with Gasteiger partial charge in [-0.1, -0.05) is 200 Å². The molecule has 0 atom stereocenters. The summed E-state index contributed by atoms with van der Waals surface area (Å²) in [4.78, 5) is 2.36. The first kappa shape index (κ1) is 36.6. The van der Waals surface area contributed by atoms with Gasteiger partial charge in [-0.2, -0.15) is 0 Å². The Bertz CT molecular complexity index is 3360. The van der Waals surface area contributed by atoms with Crippen LogP contribution < -0.4 is 4.90 Å². The molecule has 11 aromatic rings. The molecule has 10 aromatic carbocycles. The van der Waals surface area contributed by atoms with Crippen LogP contribution in [0.5, 0.6) is 0 Å². The molecule has 0 saturated heterocycles. The summed E-state index contributed by atoms with van der Waals surface area (Å²) in [6.07, 6.45) is 0. The molecule has 0 aliphatic heterocycles. The third-order valence-electron chi connectivity index (χ3n) is 13.1. The van der Waals surface area contributed by atoms with E-state index in [4.69, 9.17) is 0 Å². The van der Waals surface area contributed by atoms with Crippen molar-refractivity contribution in [1.82, 2.24) is 4.57 Å². The van der Waals surface area contributed by atoms with Crippen LogP contribution in [0, 0.1) is 0 Å². The minimum atomic E-state index is -0.447. The van der Waals surface area contributed by atoms with Crippen molar-refractivity contribution < 1.29 is 0 Å². The maximum atomic E-state index is 2.48. The third kappa shape index (κ3) is 5.80. The van der Waals surface area contributed by atoms with Crippen molar-refractivity contribution in [3.05, 3.63) is 277 Å². The number of rotatable bonds is 8. The van der Waals surface area contributed by atoms with Gasteiger partial charge in [0.2, 0.25) is 0 Å². The summed E-state index contributed by atoms with van der Waals surface area (Å²) in [6, 6.07) is 93.1. The van der Waals surface area contributed by atoms with Gasteiger partial charge in [-0.15, -0.1) is 0 Å². The Kier molecular flexibility index (Phi) is 8.76. The molecule has 0 saturated carbocycles. The standard InChI is InChI=1S/C61H42N2/c1-5-21-44(22-6-1)61(45-23-7-2-8-24-45)56-34-18-15-31-51(56)55-42-48(38-40-57(55)61)63-59-36-20-17-33-53(59)54-39-37-43(41-60(54)63)49-29-13-14-30-50(49)52-32-16-19-35-58(52)62(46-25-9-3-10-26-46)47-27-11-4-12-28-47/h1-42H. The fourth-order valence-corrected chi connectivity index (χ4v) is 10.4. The average Bonchev–Trinajstić information content (AvgIpc) is 3.85. The maximum absolute atomic E-state index is 2.48. The van der Waals surface area contributed by atoms with Crippen LogP contribution in [0.3, 0.4) is 0 Å². The lowest BCUT2D eigenvalue weighted by Gasteiger charge is -2.33. The lowest BCUT2D eigenvalue weighted by molar-refractivity contribution is 0.768. The molecular formula is C61H42N2. The molecule has 296 valence electrons. The van der Waals surface area contributed by atoms with Crippen LogP contribution in [0.25, 0.3) is 60.9 Å². The van der Waals surface area contributed by atoms with Crippen LogP contribution in [-0.4, -0.2) is 4.57 Å². The summed E-state index contributed by atoms with van der Waals surface area (Å²) in [5, 5.41) is 2.47. The van der Waals surface area contributed by atoms with Crippen molar-refractivity contribution in [3.63, 3.8) is 0 Å². The molecule has 0 fully saturated rings. The largest absolute Gasteiger partial charge is 0.310 e. The van der Waals surface area contributed by atoms with Gasteiger partial charge in [-0.25, -0.2) is 0 Å². The highest BCUT2D eigenvalue weighted by molar-refractivity contribution is 6.11. The van der Waals surface area contributed by atoms with E-state index in [0.29, 0.717) is 0 Å². The number of anilines is 3. The number of benzene rings is 10. The summed E-state index contributed by atoms with van der Waals surface area (Å²) in [6.45, 7) is 0. The van der Waals surface area contributed by atoms with E-state index >= 15 is 0 Å². The molecule has 0 spiro atoms. The van der Waals surface area contributed by atoms with E-state index in [9.17, 15) is 0 Å². The van der Waals surface area contributed by atoms with Crippen LogP contribution in [0.15, 0.2) is 255 Å². The van der Waals surface area contributed by atoms with Crippen LogP contribution in [0.2, 0.25) is 0 Å². The number of hydrogen-bond donors (Lipinski definition) is 0. The first-order chi connectivity index (χ1) is 31.3. The molecule has 1 heterocycles. The molecule has 0 radical (unpaired) electrons. The molecule has 12 rings (SSSR count). The number of nitrogens with zero attached hydrogens (tertiary/aromatic N) is 2. The second-order valence-electron chi connectivity index (χ2n) is 16.4. The zero-order valence-corrected chi connectivity index (χ0v) is 34.6. The molecule has 1 aromatic heterocycles. The van der Waals surface area contributed by atoms with E-state index in [1.807, 2.05) is 0 Å². The minimum absolute atomic E-state index is 0.447. The monoisotopic (exact) mass is 802 g/mol. The van der Waals surface area contributed by atoms with Crippen molar-refractivity contribution in [2.45, 2.75) is 5.41 Å². The second kappa shape index (κ2) is 15.1. The topological polar surface area (TPSA) is 8.17 Å². The lowest BCUT2D eigenvalue weighted by Crippen LogP contribution is -2.28. The van der Waals surface area contributed by atoms with Gasteiger partial charge in [0.15, 0.2) is 0 Å². The highest BCUT2D eigenvalue weighted by atomic mass is 15.1. The summed E-state index contributed by atoms with van der Waals surface area (Å²) in [5.74, 6) is 0. The molecule has 2 nitrogen and oxygen atoms in total. The highest BCUT2D eigenvalue weighted by Crippen LogP contribution is 2.56. The zero-order chi connectivity index (χ0) is 41.7. The summed E-state index contributed by atoms with van der Waals surface area (Å²) in [5.41, 5.74) is 18.8. The molecule has 0 N–H and O–H groups in total. The number of fused-ring (bicyclic) bond motifs is 6. The highest BCUT2D eigenvalue weighted by Gasteiger charge is 2.46. The quantitative estimate of drug-likeness (QED) is 0.149. The van der Waals surface area contributed by atoms with Crippen LogP contribution in [-0.2, 0) is 5.41 Å². The summed E-state index contributed by atoms with van der Waals surface area (Å²) in [7, 11) is 0. The van der Waals surface area contributed by atoms with Gasteiger partial charge in [0.25, 0.3) is 0 Å². The Labute approximate surface area is 368 Å². The molecule has 0 unspecified atom stereocenters. The summed E-state index contributed by atoms with van der Waals surface area (Å²) >= 11 is 0. The van der Waals surface area contributed by atoms with Gasteiger partial charge in [0, 0.05) is 33.4 Å². The van der Waals surface area contributed by atoms with Crippen molar-refractivity contribution in [3.8, 4) is 39.1 Å². The summed E-state index contributed by atoms with van der Waals surface area (Å²) < 4.78 is 2.48. The SMILES string of the molecule is c1ccc(N(c2ccccc2)c2ccccc2-c2ccccc2-c2ccc3c4ccccc4n(-c4ccc5c(c4)-c4ccccc4C5(c4ccccc4)c4ccccc4)c3c2)cc1. The average molecular weight is 803 g/mol. The van der Waals surface area contributed by atoms with Crippen LogP contribution in [0.1, 0.15) is 22.3 Å².